The Morgan fingerprint density at radius 3 is 2.85 bits per heavy atom. The number of rotatable bonds is 1. The number of hydrogen-bond donors (Lipinski definition) is 0. The topological polar surface area (TPSA) is 30.2 Å². The molecule has 0 saturated carbocycles. The van der Waals surface area contributed by atoms with Crippen LogP contribution in [0, 0.1) is 0 Å². The van der Waals surface area contributed by atoms with E-state index in [0.717, 1.165) is 5.39 Å². The van der Waals surface area contributed by atoms with Crippen molar-refractivity contribution in [3.05, 3.63) is 35.0 Å². The van der Waals surface area contributed by atoms with Crippen LogP contribution >= 0.6 is 11.6 Å². The van der Waals surface area contributed by atoms with Gasteiger partial charge in [-0.25, -0.2) is 0 Å². The second kappa shape index (κ2) is 2.89. The van der Waals surface area contributed by atoms with E-state index in [1.165, 1.54) is 6.92 Å². The highest BCUT2D eigenvalue weighted by Crippen LogP contribution is 2.27. The summed E-state index contributed by atoms with van der Waals surface area (Å²) in [5.41, 5.74) is 1.22. The highest BCUT2D eigenvalue weighted by Gasteiger charge is 2.11. The van der Waals surface area contributed by atoms with E-state index in [4.69, 9.17) is 16.0 Å². The van der Waals surface area contributed by atoms with Gasteiger partial charge in [0.1, 0.15) is 5.58 Å². The van der Waals surface area contributed by atoms with Gasteiger partial charge >= 0.3 is 0 Å². The molecule has 3 heteroatoms. The van der Waals surface area contributed by atoms with Gasteiger partial charge in [-0.2, -0.15) is 0 Å². The molecule has 2 aromatic rings. The standard InChI is InChI=1S/C10H7ClO2/c1-6(12)10-7-4-5-13-9(7)3-2-8(10)11/h2-5H,1H3. The van der Waals surface area contributed by atoms with Crippen LogP contribution < -0.4 is 0 Å². The van der Waals surface area contributed by atoms with Crippen molar-refractivity contribution in [1.82, 2.24) is 0 Å². The Morgan fingerprint density at radius 2 is 2.15 bits per heavy atom. The van der Waals surface area contributed by atoms with Crippen molar-refractivity contribution in [3.8, 4) is 0 Å². The summed E-state index contributed by atoms with van der Waals surface area (Å²) in [5.74, 6) is -0.0444. The predicted octanol–water partition coefficient (Wildman–Crippen LogP) is 3.29. The third-order valence-electron chi connectivity index (χ3n) is 1.94. The summed E-state index contributed by atoms with van der Waals surface area (Å²) >= 11 is 5.89. The molecule has 0 fully saturated rings. The van der Waals surface area contributed by atoms with E-state index in [2.05, 4.69) is 0 Å². The van der Waals surface area contributed by atoms with E-state index >= 15 is 0 Å². The second-order valence-electron chi connectivity index (χ2n) is 2.81. The fourth-order valence-corrected chi connectivity index (χ4v) is 1.67. The van der Waals surface area contributed by atoms with Gasteiger partial charge in [0.15, 0.2) is 5.78 Å². The summed E-state index contributed by atoms with van der Waals surface area (Å²) in [6.45, 7) is 1.49. The average molecular weight is 195 g/mol. The SMILES string of the molecule is CC(=O)c1c(Cl)ccc2occc12. The molecule has 0 spiro atoms. The lowest BCUT2D eigenvalue weighted by Gasteiger charge is -1.99. The number of benzene rings is 1. The minimum Gasteiger partial charge on any atom is -0.464 e. The molecule has 0 saturated heterocycles. The molecule has 0 atom stereocenters. The van der Waals surface area contributed by atoms with Gasteiger partial charge in [-0.15, -0.1) is 0 Å². The zero-order chi connectivity index (χ0) is 9.42. The van der Waals surface area contributed by atoms with Crippen molar-refractivity contribution in [3.63, 3.8) is 0 Å². The monoisotopic (exact) mass is 194 g/mol. The molecular weight excluding hydrogens is 188 g/mol. The summed E-state index contributed by atoms with van der Waals surface area (Å²) in [5, 5.41) is 1.25. The van der Waals surface area contributed by atoms with Gasteiger partial charge < -0.3 is 4.42 Å². The molecule has 0 radical (unpaired) electrons. The van der Waals surface area contributed by atoms with Gasteiger partial charge in [-0.1, -0.05) is 11.6 Å². The fraction of sp³-hybridized carbons (Fsp3) is 0.100. The van der Waals surface area contributed by atoms with Crippen LogP contribution in [0.1, 0.15) is 17.3 Å². The van der Waals surface area contributed by atoms with Gasteiger partial charge in [0.05, 0.1) is 11.3 Å². The number of hydrogen-bond acceptors (Lipinski definition) is 2. The molecule has 1 heterocycles. The molecule has 0 aliphatic carbocycles. The fourth-order valence-electron chi connectivity index (χ4n) is 1.38. The largest absolute Gasteiger partial charge is 0.464 e. The summed E-state index contributed by atoms with van der Waals surface area (Å²) in [4.78, 5) is 11.3. The highest BCUT2D eigenvalue weighted by atomic mass is 35.5. The normalized spacial score (nSPS) is 10.6. The first-order chi connectivity index (χ1) is 6.20. The molecule has 2 nitrogen and oxygen atoms in total. The molecule has 0 unspecified atom stereocenters. The zero-order valence-electron chi connectivity index (χ0n) is 7.00. The van der Waals surface area contributed by atoms with Gasteiger partial charge in [0.25, 0.3) is 0 Å². The average Bonchev–Trinajstić information content (AvgIpc) is 2.50. The molecule has 0 bridgehead atoms. The van der Waals surface area contributed by atoms with Crippen LogP contribution in [0.2, 0.25) is 5.02 Å². The van der Waals surface area contributed by atoms with Crippen LogP contribution in [-0.4, -0.2) is 5.78 Å². The summed E-state index contributed by atoms with van der Waals surface area (Å²) in [6.07, 6.45) is 1.55. The van der Waals surface area contributed by atoms with Crippen LogP contribution in [0.5, 0.6) is 0 Å². The summed E-state index contributed by atoms with van der Waals surface area (Å²) < 4.78 is 5.15. The maximum Gasteiger partial charge on any atom is 0.162 e. The third-order valence-corrected chi connectivity index (χ3v) is 2.25. The van der Waals surface area contributed by atoms with Crippen LogP contribution in [0.3, 0.4) is 0 Å². The molecule has 0 aliphatic rings. The smallest absolute Gasteiger partial charge is 0.162 e. The van der Waals surface area contributed by atoms with Crippen LogP contribution in [0.4, 0.5) is 0 Å². The van der Waals surface area contributed by atoms with E-state index in [-0.39, 0.29) is 5.78 Å². The molecule has 1 aromatic heterocycles. The summed E-state index contributed by atoms with van der Waals surface area (Å²) in [6, 6.07) is 5.17. The maximum atomic E-state index is 11.3. The number of carbonyl (C=O) groups is 1. The molecule has 2 rings (SSSR count). The van der Waals surface area contributed by atoms with E-state index < -0.39 is 0 Å². The Kier molecular flexibility index (Phi) is 1.85. The molecule has 0 aliphatic heterocycles. The van der Waals surface area contributed by atoms with Gasteiger partial charge in [-0.05, 0) is 25.1 Å². The lowest BCUT2D eigenvalue weighted by Crippen LogP contribution is -1.93. The highest BCUT2D eigenvalue weighted by molar-refractivity contribution is 6.35. The van der Waals surface area contributed by atoms with E-state index in [1.54, 1.807) is 24.5 Å². The Balaban J connectivity index is 2.88. The molecule has 0 N–H and O–H groups in total. The molecule has 13 heavy (non-hydrogen) atoms. The number of ketones is 1. The number of fused-ring (bicyclic) bond motifs is 1. The quantitative estimate of drug-likeness (QED) is 0.652. The number of furan rings is 1. The minimum atomic E-state index is -0.0444. The van der Waals surface area contributed by atoms with Gasteiger partial charge in [-0.3, -0.25) is 4.79 Å². The first-order valence-electron chi connectivity index (χ1n) is 3.87. The molecule has 66 valence electrons. The Morgan fingerprint density at radius 1 is 1.38 bits per heavy atom. The van der Waals surface area contributed by atoms with Crippen LogP contribution in [-0.2, 0) is 0 Å². The Hall–Kier alpha value is -1.28. The zero-order valence-corrected chi connectivity index (χ0v) is 7.76. The van der Waals surface area contributed by atoms with E-state index in [0.29, 0.717) is 16.2 Å². The van der Waals surface area contributed by atoms with E-state index in [1.807, 2.05) is 0 Å². The first-order valence-corrected chi connectivity index (χ1v) is 4.24. The first kappa shape index (κ1) is 8.32. The predicted molar refractivity (Wildman–Crippen MR) is 51.2 cm³/mol. The molecule has 1 aromatic carbocycles. The third kappa shape index (κ3) is 1.23. The van der Waals surface area contributed by atoms with Crippen molar-refractivity contribution in [2.45, 2.75) is 6.92 Å². The Bertz CT molecular complexity index is 471. The Labute approximate surface area is 80.1 Å². The second-order valence-corrected chi connectivity index (χ2v) is 3.22. The summed E-state index contributed by atoms with van der Waals surface area (Å²) in [7, 11) is 0. The van der Waals surface area contributed by atoms with Crippen molar-refractivity contribution >= 4 is 28.4 Å². The number of Topliss-reactive ketones (excluding diaryl/α,β-unsaturated/α-hetero) is 1. The van der Waals surface area contributed by atoms with Crippen molar-refractivity contribution in [1.29, 1.82) is 0 Å². The minimum absolute atomic E-state index is 0.0444. The van der Waals surface area contributed by atoms with Crippen molar-refractivity contribution < 1.29 is 9.21 Å². The number of halogens is 1. The molecular formula is C10H7ClO2. The lowest BCUT2D eigenvalue weighted by atomic mass is 10.1. The number of carbonyl (C=O) groups excluding carboxylic acids is 1. The van der Waals surface area contributed by atoms with Gasteiger partial charge in [0, 0.05) is 10.9 Å². The maximum absolute atomic E-state index is 11.3. The molecule has 0 amide bonds. The van der Waals surface area contributed by atoms with Crippen molar-refractivity contribution in [2.24, 2.45) is 0 Å². The van der Waals surface area contributed by atoms with Crippen LogP contribution in [0.15, 0.2) is 28.9 Å². The van der Waals surface area contributed by atoms with Gasteiger partial charge in [0.2, 0.25) is 0 Å². The van der Waals surface area contributed by atoms with Crippen LogP contribution in [0.25, 0.3) is 11.0 Å². The van der Waals surface area contributed by atoms with E-state index in [9.17, 15) is 4.79 Å². The van der Waals surface area contributed by atoms with Crippen molar-refractivity contribution in [2.75, 3.05) is 0 Å². The lowest BCUT2D eigenvalue weighted by molar-refractivity contribution is 0.101.